The van der Waals surface area contributed by atoms with E-state index in [0.29, 0.717) is 11.7 Å². The Hall–Kier alpha value is -2.83. The van der Waals surface area contributed by atoms with Gasteiger partial charge in [0.2, 0.25) is 0 Å². The van der Waals surface area contributed by atoms with Gasteiger partial charge in [-0.25, -0.2) is 9.97 Å². The molecule has 0 spiro atoms. The summed E-state index contributed by atoms with van der Waals surface area (Å²) >= 11 is 0. The van der Waals surface area contributed by atoms with Crippen LogP contribution < -0.4 is 4.90 Å². The van der Waals surface area contributed by atoms with Crippen molar-refractivity contribution in [3.8, 4) is 11.4 Å². The van der Waals surface area contributed by atoms with Gasteiger partial charge >= 0.3 is 0 Å². The van der Waals surface area contributed by atoms with Crippen LogP contribution in [0.1, 0.15) is 50.1 Å². The van der Waals surface area contributed by atoms with Crippen molar-refractivity contribution in [2.45, 2.75) is 46.2 Å². The molecule has 7 nitrogen and oxygen atoms in total. The molecule has 0 saturated heterocycles. The second-order valence-corrected chi connectivity index (χ2v) is 7.02. The molecule has 134 valence electrons. The molecular formula is C19H23N7. The Morgan fingerprint density at radius 2 is 2.00 bits per heavy atom. The Kier molecular flexibility index (Phi) is 4.14. The summed E-state index contributed by atoms with van der Waals surface area (Å²) in [5.41, 5.74) is 1.86. The van der Waals surface area contributed by atoms with Crippen LogP contribution in [0.5, 0.6) is 0 Å². The quantitative estimate of drug-likeness (QED) is 0.723. The molecule has 0 amide bonds. The second kappa shape index (κ2) is 6.48. The minimum Gasteiger partial charge on any atom is -0.345 e. The molecule has 0 fully saturated rings. The SMILES string of the molecule is Cc1cc(N2CCn3c(C(C)C)nnc3C2C)nc(-c2cccnc2)n1. The number of aryl methyl sites for hydroxylation is 1. The minimum absolute atomic E-state index is 0.111. The molecular weight excluding hydrogens is 326 g/mol. The average Bonchev–Trinajstić information content (AvgIpc) is 3.07. The van der Waals surface area contributed by atoms with Crippen molar-refractivity contribution >= 4 is 5.82 Å². The summed E-state index contributed by atoms with van der Waals surface area (Å²) in [6.45, 7) is 10.2. The van der Waals surface area contributed by atoms with Crippen LogP contribution in [0, 0.1) is 6.92 Å². The number of pyridine rings is 1. The summed E-state index contributed by atoms with van der Waals surface area (Å²) in [5.74, 6) is 4.05. The fraction of sp³-hybridized carbons (Fsp3) is 0.421. The summed E-state index contributed by atoms with van der Waals surface area (Å²) in [7, 11) is 0. The van der Waals surface area contributed by atoms with Gasteiger partial charge in [0.15, 0.2) is 11.6 Å². The summed E-state index contributed by atoms with van der Waals surface area (Å²) in [4.78, 5) is 15.9. The summed E-state index contributed by atoms with van der Waals surface area (Å²) < 4.78 is 2.25. The van der Waals surface area contributed by atoms with E-state index < -0.39 is 0 Å². The van der Waals surface area contributed by atoms with Crippen molar-refractivity contribution in [1.29, 1.82) is 0 Å². The highest BCUT2D eigenvalue weighted by Crippen LogP contribution is 2.31. The van der Waals surface area contributed by atoms with E-state index in [1.54, 1.807) is 12.4 Å². The molecule has 3 aromatic heterocycles. The van der Waals surface area contributed by atoms with E-state index in [9.17, 15) is 0 Å². The van der Waals surface area contributed by atoms with Crippen molar-refractivity contribution < 1.29 is 0 Å². The molecule has 0 N–H and O–H groups in total. The molecule has 0 radical (unpaired) electrons. The lowest BCUT2D eigenvalue weighted by molar-refractivity contribution is 0.477. The van der Waals surface area contributed by atoms with Gasteiger partial charge in [-0.15, -0.1) is 10.2 Å². The zero-order valence-electron chi connectivity index (χ0n) is 15.6. The van der Waals surface area contributed by atoms with Crippen LogP contribution in [0.2, 0.25) is 0 Å². The topological polar surface area (TPSA) is 72.6 Å². The first-order valence-corrected chi connectivity index (χ1v) is 9.00. The normalized spacial score (nSPS) is 16.8. The first-order valence-electron chi connectivity index (χ1n) is 9.00. The number of hydrogen-bond donors (Lipinski definition) is 0. The molecule has 7 heteroatoms. The monoisotopic (exact) mass is 349 g/mol. The third-order valence-corrected chi connectivity index (χ3v) is 4.78. The molecule has 1 aliphatic rings. The van der Waals surface area contributed by atoms with Crippen LogP contribution in [-0.4, -0.2) is 36.3 Å². The fourth-order valence-corrected chi connectivity index (χ4v) is 3.47. The third-order valence-electron chi connectivity index (χ3n) is 4.78. The Morgan fingerprint density at radius 1 is 1.15 bits per heavy atom. The van der Waals surface area contributed by atoms with Gasteiger partial charge in [-0.05, 0) is 26.0 Å². The maximum Gasteiger partial charge on any atom is 0.163 e. The summed E-state index contributed by atoms with van der Waals surface area (Å²) in [6.07, 6.45) is 3.55. The number of rotatable bonds is 3. The van der Waals surface area contributed by atoms with Gasteiger partial charge in [0.1, 0.15) is 11.6 Å². The van der Waals surface area contributed by atoms with Gasteiger partial charge in [-0.2, -0.15) is 0 Å². The number of nitrogens with zero attached hydrogens (tertiary/aromatic N) is 7. The molecule has 0 aromatic carbocycles. The van der Waals surface area contributed by atoms with Crippen LogP contribution in [0.4, 0.5) is 5.82 Å². The smallest absolute Gasteiger partial charge is 0.163 e. The molecule has 0 saturated carbocycles. The Balaban J connectivity index is 1.71. The molecule has 1 aliphatic heterocycles. The van der Waals surface area contributed by atoms with E-state index >= 15 is 0 Å². The lowest BCUT2D eigenvalue weighted by atomic mass is 10.1. The number of hydrogen-bond acceptors (Lipinski definition) is 6. The lowest BCUT2D eigenvalue weighted by Gasteiger charge is -2.35. The number of anilines is 1. The zero-order chi connectivity index (χ0) is 18.3. The van der Waals surface area contributed by atoms with Gasteiger partial charge in [-0.3, -0.25) is 4.98 Å². The van der Waals surface area contributed by atoms with Crippen LogP contribution in [0.3, 0.4) is 0 Å². The lowest BCUT2D eigenvalue weighted by Crippen LogP contribution is -2.38. The Labute approximate surface area is 153 Å². The third kappa shape index (κ3) is 2.83. The maximum atomic E-state index is 4.81. The highest BCUT2D eigenvalue weighted by Gasteiger charge is 2.30. The Morgan fingerprint density at radius 3 is 2.73 bits per heavy atom. The van der Waals surface area contributed by atoms with E-state index in [1.165, 1.54) is 0 Å². The van der Waals surface area contributed by atoms with E-state index in [1.807, 2.05) is 25.1 Å². The largest absolute Gasteiger partial charge is 0.345 e. The second-order valence-electron chi connectivity index (χ2n) is 7.02. The van der Waals surface area contributed by atoms with E-state index in [-0.39, 0.29) is 6.04 Å². The highest BCUT2D eigenvalue weighted by atomic mass is 15.4. The average molecular weight is 349 g/mol. The maximum absolute atomic E-state index is 4.81. The first kappa shape index (κ1) is 16.6. The van der Waals surface area contributed by atoms with E-state index in [4.69, 9.17) is 4.98 Å². The predicted molar refractivity (Wildman–Crippen MR) is 99.9 cm³/mol. The van der Waals surface area contributed by atoms with Crippen LogP contribution in [-0.2, 0) is 6.54 Å². The molecule has 0 aliphatic carbocycles. The van der Waals surface area contributed by atoms with Crippen LogP contribution >= 0.6 is 0 Å². The Bertz CT molecular complexity index is 917. The minimum atomic E-state index is 0.111. The van der Waals surface area contributed by atoms with Gasteiger partial charge in [0, 0.05) is 48.7 Å². The van der Waals surface area contributed by atoms with Gasteiger partial charge in [-0.1, -0.05) is 13.8 Å². The molecule has 26 heavy (non-hydrogen) atoms. The fourth-order valence-electron chi connectivity index (χ4n) is 3.47. The molecule has 4 heterocycles. The van der Waals surface area contributed by atoms with Crippen LogP contribution in [0.25, 0.3) is 11.4 Å². The summed E-state index contributed by atoms with van der Waals surface area (Å²) in [5, 5.41) is 8.86. The van der Waals surface area contributed by atoms with Gasteiger partial charge in [0.25, 0.3) is 0 Å². The first-order chi connectivity index (χ1) is 12.5. The number of fused-ring (bicyclic) bond motifs is 1. The molecule has 1 unspecified atom stereocenters. The predicted octanol–water partition coefficient (Wildman–Crippen LogP) is 3.14. The van der Waals surface area contributed by atoms with Crippen molar-refractivity contribution in [1.82, 2.24) is 29.7 Å². The zero-order valence-corrected chi connectivity index (χ0v) is 15.6. The number of aromatic nitrogens is 6. The highest BCUT2D eigenvalue weighted by molar-refractivity contribution is 5.57. The van der Waals surface area contributed by atoms with Crippen molar-refractivity contribution in [3.05, 3.63) is 47.9 Å². The van der Waals surface area contributed by atoms with Crippen molar-refractivity contribution in [2.75, 3.05) is 11.4 Å². The van der Waals surface area contributed by atoms with Gasteiger partial charge < -0.3 is 9.47 Å². The molecule has 1 atom stereocenters. The van der Waals surface area contributed by atoms with Gasteiger partial charge in [0.05, 0.1) is 6.04 Å². The van der Waals surface area contributed by atoms with E-state index in [2.05, 4.69) is 50.4 Å². The standard InChI is InChI=1S/C19H23N7/c1-12(2)18-23-24-19-14(4)25(8-9-26(18)19)16-10-13(3)21-17(22-16)15-6-5-7-20-11-15/h5-7,10-12,14H,8-9H2,1-4H3. The van der Waals surface area contributed by atoms with Crippen LogP contribution in [0.15, 0.2) is 30.6 Å². The van der Waals surface area contributed by atoms with Crippen molar-refractivity contribution in [2.24, 2.45) is 0 Å². The molecule has 4 rings (SSSR count). The van der Waals surface area contributed by atoms with E-state index in [0.717, 1.165) is 41.8 Å². The molecule has 3 aromatic rings. The summed E-state index contributed by atoms with van der Waals surface area (Å²) in [6, 6.07) is 6.03. The molecule has 0 bridgehead atoms. The van der Waals surface area contributed by atoms with Crippen molar-refractivity contribution in [3.63, 3.8) is 0 Å².